The molecule has 0 saturated heterocycles. The Bertz CT molecular complexity index is 1410. The molecule has 0 radical (unpaired) electrons. The summed E-state index contributed by atoms with van der Waals surface area (Å²) in [5, 5.41) is 18.4. The highest BCUT2D eigenvalue weighted by Crippen LogP contribution is 2.38. The van der Waals surface area contributed by atoms with E-state index in [9.17, 15) is 18.1 Å². The van der Waals surface area contributed by atoms with E-state index in [-0.39, 0.29) is 27.8 Å². The SMILES string of the molecule is O=S1Nc2cc(c(F)cc2F)-c2ccccc2OCCn2cnnc2-c2cc(Cl)c(O)c1c2. The van der Waals surface area contributed by atoms with Crippen molar-refractivity contribution in [2.75, 3.05) is 11.3 Å². The van der Waals surface area contributed by atoms with Crippen molar-refractivity contribution in [2.45, 2.75) is 11.4 Å². The number of ether oxygens (including phenoxy) is 1. The normalized spacial score (nSPS) is 15.3. The van der Waals surface area contributed by atoms with E-state index < -0.39 is 28.4 Å². The van der Waals surface area contributed by atoms with Crippen LogP contribution in [0.5, 0.6) is 11.5 Å². The van der Waals surface area contributed by atoms with E-state index in [4.69, 9.17) is 16.3 Å². The molecule has 3 aromatic carbocycles. The molecule has 33 heavy (non-hydrogen) atoms. The van der Waals surface area contributed by atoms with E-state index in [0.29, 0.717) is 35.3 Å². The monoisotopic (exact) mass is 488 g/mol. The van der Waals surface area contributed by atoms with Gasteiger partial charge in [0.2, 0.25) is 0 Å². The zero-order valence-electron chi connectivity index (χ0n) is 16.8. The molecular formula is C22H15ClF2N4O3S. The molecule has 2 N–H and O–H groups in total. The molecule has 168 valence electrons. The molecule has 1 aliphatic heterocycles. The van der Waals surface area contributed by atoms with Gasteiger partial charge in [-0.2, -0.15) is 0 Å². The summed E-state index contributed by atoms with van der Waals surface area (Å²) in [6.07, 6.45) is 1.50. The molecule has 1 atom stereocenters. The van der Waals surface area contributed by atoms with Crippen molar-refractivity contribution in [3.05, 3.63) is 71.5 Å². The number of nitrogens with zero attached hydrogens (tertiary/aromatic N) is 3. The molecule has 4 bridgehead atoms. The molecule has 7 nitrogen and oxygen atoms in total. The average Bonchev–Trinajstić information content (AvgIpc) is 3.26. The van der Waals surface area contributed by atoms with Crippen molar-refractivity contribution in [3.8, 4) is 34.0 Å². The minimum absolute atomic E-state index is 0.0577. The van der Waals surface area contributed by atoms with Crippen molar-refractivity contribution in [3.63, 3.8) is 0 Å². The van der Waals surface area contributed by atoms with Gasteiger partial charge in [0.1, 0.15) is 35.2 Å². The first-order chi connectivity index (χ1) is 15.9. The molecule has 5 rings (SSSR count). The van der Waals surface area contributed by atoms with Crippen LogP contribution in [-0.4, -0.2) is 30.7 Å². The zero-order chi connectivity index (χ0) is 23.1. The van der Waals surface area contributed by atoms with Gasteiger partial charge in [0, 0.05) is 22.8 Å². The van der Waals surface area contributed by atoms with Gasteiger partial charge in [-0.15, -0.1) is 10.2 Å². The highest BCUT2D eigenvalue weighted by atomic mass is 35.5. The molecule has 2 heterocycles. The van der Waals surface area contributed by atoms with Crippen LogP contribution < -0.4 is 9.46 Å². The fraction of sp³-hybridized carbons (Fsp3) is 0.0909. The number of aromatic hydroxyl groups is 1. The lowest BCUT2D eigenvalue weighted by Crippen LogP contribution is -2.09. The molecule has 1 aliphatic rings. The number of hydrogen-bond donors (Lipinski definition) is 2. The van der Waals surface area contributed by atoms with Crippen LogP contribution in [0.25, 0.3) is 22.5 Å². The summed E-state index contributed by atoms with van der Waals surface area (Å²) in [6, 6.07) is 11.6. The Morgan fingerprint density at radius 3 is 2.79 bits per heavy atom. The number of halogens is 3. The van der Waals surface area contributed by atoms with Gasteiger partial charge in [-0.3, -0.25) is 4.72 Å². The number of phenols is 1. The third kappa shape index (κ3) is 3.91. The third-order valence-electron chi connectivity index (χ3n) is 5.13. The van der Waals surface area contributed by atoms with E-state index in [1.807, 2.05) is 0 Å². The summed E-state index contributed by atoms with van der Waals surface area (Å²) >= 11 is 6.17. The number of phenolic OH excluding ortho intramolecular Hbond substituents is 1. The van der Waals surface area contributed by atoms with Crippen LogP contribution in [0.15, 0.2) is 59.8 Å². The second kappa shape index (κ2) is 8.45. The van der Waals surface area contributed by atoms with Gasteiger partial charge in [-0.25, -0.2) is 13.0 Å². The van der Waals surface area contributed by atoms with Crippen molar-refractivity contribution < 1.29 is 22.8 Å². The highest BCUT2D eigenvalue weighted by molar-refractivity contribution is 7.86. The van der Waals surface area contributed by atoms with Crippen molar-refractivity contribution in [1.29, 1.82) is 0 Å². The fourth-order valence-corrected chi connectivity index (χ4v) is 4.80. The second-order valence-electron chi connectivity index (χ2n) is 7.18. The quantitative estimate of drug-likeness (QED) is 0.372. The molecular weight excluding hydrogens is 474 g/mol. The van der Waals surface area contributed by atoms with Crippen LogP contribution in [0, 0.1) is 11.6 Å². The first-order valence-electron chi connectivity index (χ1n) is 9.72. The van der Waals surface area contributed by atoms with Crippen LogP contribution in [0.2, 0.25) is 5.02 Å². The van der Waals surface area contributed by atoms with Crippen LogP contribution in [0.1, 0.15) is 0 Å². The van der Waals surface area contributed by atoms with Gasteiger partial charge in [0.25, 0.3) is 0 Å². The van der Waals surface area contributed by atoms with Crippen molar-refractivity contribution >= 4 is 28.3 Å². The molecule has 1 unspecified atom stereocenters. The van der Waals surface area contributed by atoms with Crippen LogP contribution in [0.3, 0.4) is 0 Å². The second-order valence-corrected chi connectivity index (χ2v) is 8.77. The van der Waals surface area contributed by atoms with Crippen LogP contribution >= 0.6 is 11.6 Å². The lowest BCUT2D eigenvalue weighted by atomic mass is 10.0. The van der Waals surface area contributed by atoms with Crippen LogP contribution in [-0.2, 0) is 17.5 Å². The van der Waals surface area contributed by atoms with Gasteiger partial charge in [0.05, 0.1) is 17.3 Å². The Morgan fingerprint density at radius 1 is 1.12 bits per heavy atom. The summed E-state index contributed by atoms with van der Waals surface area (Å²) < 4.78 is 52.5. The lowest BCUT2D eigenvalue weighted by molar-refractivity contribution is 0.300. The number of rotatable bonds is 0. The standard InChI is InChI=1S/C22H15ClF2N4O3S/c23-15-7-12-8-20(21(15)30)33(31)28-18-9-14(16(24)10-17(18)25)13-3-1-2-4-19(13)32-6-5-29-11-26-27-22(12)29/h1-4,7-11,28,30H,5-6H2. The average molecular weight is 489 g/mol. The van der Waals surface area contributed by atoms with Gasteiger partial charge in [0.15, 0.2) is 22.6 Å². The van der Waals surface area contributed by atoms with E-state index in [1.165, 1.54) is 24.5 Å². The Balaban J connectivity index is 1.72. The smallest absolute Gasteiger partial charge is 0.163 e. The number of fused-ring (bicyclic) bond motifs is 8. The van der Waals surface area contributed by atoms with E-state index >= 15 is 0 Å². The number of aromatic nitrogens is 3. The van der Waals surface area contributed by atoms with E-state index in [0.717, 1.165) is 0 Å². The Labute approximate surface area is 194 Å². The zero-order valence-corrected chi connectivity index (χ0v) is 18.3. The summed E-state index contributed by atoms with van der Waals surface area (Å²) in [7, 11) is -2.14. The molecule has 0 amide bonds. The topological polar surface area (TPSA) is 89.3 Å². The van der Waals surface area contributed by atoms with Crippen LogP contribution in [0.4, 0.5) is 14.5 Å². The first kappa shape index (κ1) is 21.4. The minimum atomic E-state index is -2.14. The molecule has 0 saturated carbocycles. The molecule has 11 heteroatoms. The maximum Gasteiger partial charge on any atom is 0.163 e. The number of hydrogen-bond acceptors (Lipinski definition) is 5. The Morgan fingerprint density at radius 2 is 1.94 bits per heavy atom. The maximum atomic E-state index is 14.7. The van der Waals surface area contributed by atoms with Crippen molar-refractivity contribution in [2.24, 2.45) is 0 Å². The van der Waals surface area contributed by atoms with E-state index in [2.05, 4.69) is 14.9 Å². The summed E-state index contributed by atoms with van der Waals surface area (Å²) in [5.74, 6) is -1.40. The largest absolute Gasteiger partial charge is 0.505 e. The molecule has 1 aromatic heterocycles. The lowest BCUT2D eigenvalue weighted by Gasteiger charge is -2.14. The number of benzene rings is 3. The fourth-order valence-electron chi connectivity index (χ4n) is 3.54. The van der Waals surface area contributed by atoms with E-state index in [1.54, 1.807) is 28.8 Å². The first-order valence-corrected chi connectivity index (χ1v) is 11.3. The van der Waals surface area contributed by atoms with Gasteiger partial charge < -0.3 is 14.4 Å². The number of nitrogens with one attached hydrogen (secondary N) is 1. The molecule has 0 fully saturated rings. The Hall–Kier alpha value is -3.50. The van der Waals surface area contributed by atoms with Gasteiger partial charge >= 0.3 is 0 Å². The Kier molecular flexibility index (Phi) is 5.47. The molecule has 0 aliphatic carbocycles. The molecule has 4 aromatic rings. The van der Waals surface area contributed by atoms with Gasteiger partial charge in [-0.05, 0) is 24.3 Å². The summed E-state index contributed by atoms with van der Waals surface area (Å²) in [6.45, 7) is 0.531. The highest BCUT2D eigenvalue weighted by Gasteiger charge is 2.21. The van der Waals surface area contributed by atoms with Gasteiger partial charge in [-0.1, -0.05) is 29.8 Å². The predicted molar refractivity (Wildman–Crippen MR) is 119 cm³/mol. The number of para-hydroxylation sites is 1. The number of anilines is 1. The minimum Gasteiger partial charge on any atom is -0.505 e. The van der Waals surface area contributed by atoms with Crippen molar-refractivity contribution in [1.82, 2.24) is 14.8 Å². The summed E-state index contributed by atoms with van der Waals surface area (Å²) in [4.78, 5) is -0.0937. The maximum absolute atomic E-state index is 14.7. The summed E-state index contributed by atoms with van der Waals surface area (Å²) in [5.41, 5.74) is 0.672. The molecule has 0 spiro atoms. The third-order valence-corrected chi connectivity index (χ3v) is 6.53. The predicted octanol–water partition coefficient (Wildman–Crippen LogP) is 4.78.